The summed E-state index contributed by atoms with van der Waals surface area (Å²) in [5.41, 5.74) is 1.95. The zero-order chi connectivity index (χ0) is 12.5. The van der Waals surface area contributed by atoms with Crippen molar-refractivity contribution in [1.82, 2.24) is 14.4 Å². The minimum absolute atomic E-state index is 0.225. The summed E-state index contributed by atoms with van der Waals surface area (Å²) in [5, 5.41) is 0. The number of fused-ring (bicyclic) bond motifs is 1. The predicted molar refractivity (Wildman–Crippen MR) is 69.9 cm³/mol. The highest BCUT2D eigenvalue weighted by Crippen LogP contribution is 2.19. The van der Waals surface area contributed by atoms with E-state index in [9.17, 15) is 4.39 Å². The third-order valence-electron chi connectivity index (χ3n) is 2.75. The standard InChI is InChI=1S/C13H9BrFN3/c14-13-11-8-16-5-6-18(11)12(17-13)7-9-1-3-10(15)4-2-9/h1-6,8H,7H2. The number of rotatable bonds is 2. The molecule has 0 fully saturated rings. The molecule has 1 aromatic carbocycles. The lowest BCUT2D eigenvalue weighted by molar-refractivity contribution is 0.627. The molecule has 0 amide bonds. The second-order valence-corrected chi connectivity index (χ2v) is 4.70. The Kier molecular flexibility index (Phi) is 2.83. The first-order valence-electron chi connectivity index (χ1n) is 5.45. The van der Waals surface area contributed by atoms with E-state index in [1.807, 2.05) is 10.6 Å². The van der Waals surface area contributed by atoms with E-state index in [2.05, 4.69) is 25.9 Å². The molecule has 18 heavy (non-hydrogen) atoms. The minimum Gasteiger partial charge on any atom is -0.299 e. The van der Waals surface area contributed by atoms with E-state index in [0.29, 0.717) is 6.42 Å². The summed E-state index contributed by atoms with van der Waals surface area (Å²) in [5.74, 6) is 0.669. The van der Waals surface area contributed by atoms with E-state index in [1.54, 1.807) is 24.5 Å². The first-order valence-corrected chi connectivity index (χ1v) is 6.24. The quantitative estimate of drug-likeness (QED) is 0.727. The van der Waals surface area contributed by atoms with Crippen LogP contribution < -0.4 is 0 Å². The van der Waals surface area contributed by atoms with Gasteiger partial charge < -0.3 is 0 Å². The average molecular weight is 306 g/mol. The Hall–Kier alpha value is -1.75. The maximum atomic E-state index is 12.8. The van der Waals surface area contributed by atoms with Crippen LogP contribution in [0.2, 0.25) is 0 Å². The Morgan fingerprint density at radius 3 is 2.78 bits per heavy atom. The lowest BCUT2D eigenvalue weighted by atomic mass is 10.1. The van der Waals surface area contributed by atoms with Gasteiger partial charge in [-0.3, -0.25) is 9.38 Å². The second kappa shape index (κ2) is 4.49. The van der Waals surface area contributed by atoms with Crippen LogP contribution in [-0.4, -0.2) is 14.4 Å². The molecule has 0 bridgehead atoms. The van der Waals surface area contributed by atoms with Crippen LogP contribution >= 0.6 is 15.9 Å². The molecule has 0 N–H and O–H groups in total. The molecule has 0 spiro atoms. The van der Waals surface area contributed by atoms with Gasteiger partial charge in [0.05, 0.1) is 11.7 Å². The summed E-state index contributed by atoms with van der Waals surface area (Å²) in [4.78, 5) is 8.52. The summed E-state index contributed by atoms with van der Waals surface area (Å²) >= 11 is 3.41. The molecule has 5 heteroatoms. The van der Waals surface area contributed by atoms with E-state index < -0.39 is 0 Å². The van der Waals surface area contributed by atoms with Crippen molar-refractivity contribution in [2.24, 2.45) is 0 Å². The number of imidazole rings is 1. The molecule has 0 atom stereocenters. The number of benzene rings is 1. The third-order valence-corrected chi connectivity index (χ3v) is 3.33. The fourth-order valence-corrected chi connectivity index (χ4v) is 2.37. The number of hydrogen-bond acceptors (Lipinski definition) is 2. The van der Waals surface area contributed by atoms with Gasteiger partial charge in [0.15, 0.2) is 0 Å². The van der Waals surface area contributed by atoms with E-state index in [4.69, 9.17) is 0 Å². The lowest BCUT2D eigenvalue weighted by Crippen LogP contribution is -1.96. The van der Waals surface area contributed by atoms with Gasteiger partial charge in [-0.15, -0.1) is 0 Å². The Balaban J connectivity index is 2.02. The summed E-state index contributed by atoms with van der Waals surface area (Å²) in [7, 11) is 0. The van der Waals surface area contributed by atoms with Crippen LogP contribution in [0.4, 0.5) is 4.39 Å². The lowest BCUT2D eigenvalue weighted by Gasteiger charge is -2.01. The minimum atomic E-state index is -0.225. The van der Waals surface area contributed by atoms with Crippen molar-refractivity contribution in [3.63, 3.8) is 0 Å². The van der Waals surface area contributed by atoms with Crippen LogP contribution in [0, 0.1) is 5.82 Å². The van der Waals surface area contributed by atoms with Gasteiger partial charge in [-0.2, -0.15) is 0 Å². The van der Waals surface area contributed by atoms with Gasteiger partial charge in [0, 0.05) is 18.8 Å². The molecule has 90 valence electrons. The first kappa shape index (κ1) is 11.3. The summed E-state index contributed by atoms with van der Waals surface area (Å²) in [6.07, 6.45) is 5.99. The summed E-state index contributed by atoms with van der Waals surface area (Å²) in [6.45, 7) is 0. The zero-order valence-electron chi connectivity index (χ0n) is 9.35. The van der Waals surface area contributed by atoms with Crippen LogP contribution in [-0.2, 0) is 6.42 Å². The summed E-state index contributed by atoms with van der Waals surface area (Å²) < 4.78 is 15.6. The van der Waals surface area contributed by atoms with Gasteiger partial charge in [0.2, 0.25) is 0 Å². The van der Waals surface area contributed by atoms with Crippen LogP contribution in [0.25, 0.3) is 5.52 Å². The van der Waals surface area contributed by atoms with Gasteiger partial charge in [-0.25, -0.2) is 9.37 Å². The fourth-order valence-electron chi connectivity index (χ4n) is 1.87. The maximum absolute atomic E-state index is 12.8. The van der Waals surface area contributed by atoms with Crippen molar-refractivity contribution in [1.29, 1.82) is 0 Å². The molecule has 2 aromatic heterocycles. The van der Waals surface area contributed by atoms with Gasteiger partial charge in [-0.05, 0) is 33.6 Å². The molecule has 2 heterocycles. The molecule has 0 aliphatic heterocycles. The van der Waals surface area contributed by atoms with Gasteiger partial charge >= 0.3 is 0 Å². The molecule has 0 saturated carbocycles. The number of aromatic nitrogens is 3. The highest BCUT2D eigenvalue weighted by atomic mass is 79.9. The second-order valence-electron chi connectivity index (χ2n) is 3.95. The van der Waals surface area contributed by atoms with Crippen LogP contribution in [0.1, 0.15) is 11.4 Å². The Morgan fingerprint density at radius 1 is 1.22 bits per heavy atom. The molecule has 0 saturated heterocycles. The van der Waals surface area contributed by atoms with E-state index in [-0.39, 0.29) is 5.82 Å². The van der Waals surface area contributed by atoms with Gasteiger partial charge in [0.25, 0.3) is 0 Å². The van der Waals surface area contributed by atoms with Gasteiger partial charge in [-0.1, -0.05) is 12.1 Å². The zero-order valence-corrected chi connectivity index (χ0v) is 10.9. The van der Waals surface area contributed by atoms with Crippen molar-refractivity contribution < 1.29 is 4.39 Å². The third kappa shape index (κ3) is 2.01. The smallest absolute Gasteiger partial charge is 0.133 e. The predicted octanol–water partition coefficient (Wildman–Crippen LogP) is 3.22. The summed E-state index contributed by atoms with van der Waals surface area (Å²) in [6, 6.07) is 6.46. The molecule has 3 aromatic rings. The topological polar surface area (TPSA) is 30.2 Å². The van der Waals surface area contributed by atoms with Crippen LogP contribution in [0.5, 0.6) is 0 Å². The van der Waals surface area contributed by atoms with Crippen molar-refractivity contribution in [3.8, 4) is 0 Å². The molecular formula is C13H9BrFN3. The normalized spacial score (nSPS) is 11.0. The van der Waals surface area contributed by atoms with Crippen molar-refractivity contribution >= 4 is 21.4 Å². The van der Waals surface area contributed by atoms with Crippen molar-refractivity contribution in [2.75, 3.05) is 0 Å². The average Bonchev–Trinajstić information content (AvgIpc) is 2.70. The number of hydrogen-bond donors (Lipinski definition) is 0. The van der Waals surface area contributed by atoms with Crippen molar-refractivity contribution in [2.45, 2.75) is 6.42 Å². The van der Waals surface area contributed by atoms with Gasteiger partial charge in [0.1, 0.15) is 16.2 Å². The highest BCUT2D eigenvalue weighted by Gasteiger charge is 2.09. The van der Waals surface area contributed by atoms with Crippen LogP contribution in [0.15, 0.2) is 47.5 Å². The molecule has 0 unspecified atom stereocenters. The first-order chi connectivity index (χ1) is 8.74. The molecule has 0 aliphatic carbocycles. The van der Waals surface area contributed by atoms with Crippen LogP contribution in [0.3, 0.4) is 0 Å². The Bertz CT molecular complexity index is 691. The van der Waals surface area contributed by atoms with E-state index >= 15 is 0 Å². The molecule has 0 aliphatic rings. The molecule has 3 nitrogen and oxygen atoms in total. The Labute approximate surface area is 111 Å². The molecule has 3 rings (SSSR count). The number of halogens is 2. The molecule has 0 radical (unpaired) electrons. The highest BCUT2D eigenvalue weighted by molar-refractivity contribution is 9.10. The Morgan fingerprint density at radius 2 is 2.00 bits per heavy atom. The van der Waals surface area contributed by atoms with E-state index in [0.717, 1.165) is 21.5 Å². The monoisotopic (exact) mass is 305 g/mol. The largest absolute Gasteiger partial charge is 0.299 e. The SMILES string of the molecule is Fc1ccc(Cc2nc(Br)c3cnccn23)cc1. The van der Waals surface area contributed by atoms with E-state index in [1.165, 1.54) is 12.1 Å². The molecular weight excluding hydrogens is 297 g/mol. The maximum Gasteiger partial charge on any atom is 0.133 e. The fraction of sp³-hybridized carbons (Fsp3) is 0.0769. The van der Waals surface area contributed by atoms with Crippen molar-refractivity contribution in [3.05, 3.63) is 64.7 Å². The number of nitrogens with zero attached hydrogens (tertiary/aromatic N) is 3.